The molecular weight excluding hydrogens is 352 g/mol. The van der Waals surface area contributed by atoms with Crippen LogP contribution in [0.2, 0.25) is 0 Å². The molecule has 6 heteroatoms. The molecule has 1 aliphatic heterocycles. The Labute approximate surface area is 164 Å². The SMILES string of the molecule is O=C(NC1CC1)C1CC2(CCN(C(=O)c3cnccn3)CC2)c2ccccc21. The first-order valence-electron chi connectivity index (χ1n) is 10.1. The van der Waals surface area contributed by atoms with Gasteiger partial charge in [-0.15, -0.1) is 0 Å². The summed E-state index contributed by atoms with van der Waals surface area (Å²) in [5, 5.41) is 3.19. The maximum atomic E-state index is 12.9. The minimum Gasteiger partial charge on any atom is -0.353 e. The molecule has 3 aliphatic rings. The van der Waals surface area contributed by atoms with Gasteiger partial charge in [-0.05, 0) is 43.2 Å². The zero-order valence-electron chi connectivity index (χ0n) is 15.8. The van der Waals surface area contributed by atoms with Crippen LogP contribution in [0.5, 0.6) is 0 Å². The van der Waals surface area contributed by atoms with Crippen LogP contribution < -0.4 is 5.32 Å². The van der Waals surface area contributed by atoms with Gasteiger partial charge in [-0.3, -0.25) is 14.6 Å². The van der Waals surface area contributed by atoms with Gasteiger partial charge >= 0.3 is 0 Å². The molecule has 6 nitrogen and oxygen atoms in total. The highest BCUT2D eigenvalue weighted by atomic mass is 16.2. The number of rotatable bonds is 3. The zero-order valence-corrected chi connectivity index (χ0v) is 15.8. The number of fused-ring (bicyclic) bond motifs is 2. The number of likely N-dealkylation sites (tertiary alicyclic amines) is 1. The van der Waals surface area contributed by atoms with Crippen LogP contribution in [0.3, 0.4) is 0 Å². The third-order valence-corrected chi connectivity index (χ3v) is 6.53. The van der Waals surface area contributed by atoms with Gasteiger partial charge in [0, 0.05) is 36.9 Å². The number of hydrogen-bond donors (Lipinski definition) is 1. The minimum absolute atomic E-state index is 0.0126. The lowest BCUT2D eigenvalue weighted by molar-refractivity contribution is -0.123. The highest BCUT2D eigenvalue weighted by Gasteiger charge is 2.48. The molecule has 144 valence electrons. The molecule has 1 atom stereocenters. The van der Waals surface area contributed by atoms with E-state index in [0.29, 0.717) is 24.8 Å². The van der Waals surface area contributed by atoms with Crippen LogP contribution in [0, 0.1) is 0 Å². The number of piperidine rings is 1. The van der Waals surface area contributed by atoms with E-state index in [1.807, 2.05) is 11.0 Å². The van der Waals surface area contributed by atoms with Crippen molar-refractivity contribution in [1.82, 2.24) is 20.2 Å². The molecule has 2 amide bonds. The Morgan fingerprint density at radius 2 is 1.89 bits per heavy atom. The quantitative estimate of drug-likeness (QED) is 0.893. The van der Waals surface area contributed by atoms with Gasteiger partial charge in [0.1, 0.15) is 5.69 Å². The Balaban J connectivity index is 1.35. The Bertz CT molecular complexity index is 902. The topological polar surface area (TPSA) is 75.2 Å². The number of amides is 2. The molecule has 28 heavy (non-hydrogen) atoms. The Kier molecular flexibility index (Phi) is 4.14. The van der Waals surface area contributed by atoms with Crippen LogP contribution in [-0.2, 0) is 10.2 Å². The molecule has 1 spiro atoms. The van der Waals surface area contributed by atoms with Gasteiger partial charge in [-0.25, -0.2) is 4.98 Å². The lowest BCUT2D eigenvalue weighted by Gasteiger charge is -2.40. The number of hydrogen-bond acceptors (Lipinski definition) is 4. The summed E-state index contributed by atoms with van der Waals surface area (Å²) in [5.74, 6) is 0.0428. The summed E-state index contributed by atoms with van der Waals surface area (Å²) >= 11 is 0. The van der Waals surface area contributed by atoms with Crippen LogP contribution in [-0.4, -0.2) is 45.8 Å². The summed E-state index contributed by atoms with van der Waals surface area (Å²) in [6.45, 7) is 1.36. The summed E-state index contributed by atoms with van der Waals surface area (Å²) in [6.07, 6.45) is 9.45. The van der Waals surface area contributed by atoms with E-state index >= 15 is 0 Å². The monoisotopic (exact) mass is 376 g/mol. The fourth-order valence-corrected chi connectivity index (χ4v) is 4.84. The van der Waals surface area contributed by atoms with Gasteiger partial charge in [-0.1, -0.05) is 24.3 Å². The third kappa shape index (κ3) is 2.97. The largest absolute Gasteiger partial charge is 0.353 e. The van der Waals surface area contributed by atoms with Crippen molar-refractivity contribution < 1.29 is 9.59 Å². The first-order chi connectivity index (χ1) is 13.7. The molecule has 2 fully saturated rings. The lowest BCUT2D eigenvalue weighted by Crippen LogP contribution is -2.45. The number of nitrogens with one attached hydrogen (secondary N) is 1. The van der Waals surface area contributed by atoms with Crippen LogP contribution in [0.15, 0.2) is 42.9 Å². The molecule has 0 radical (unpaired) electrons. The first-order valence-corrected chi connectivity index (χ1v) is 10.1. The summed E-state index contributed by atoms with van der Waals surface area (Å²) in [5.41, 5.74) is 2.86. The molecular formula is C22H24N4O2. The Hall–Kier alpha value is -2.76. The highest BCUT2D eigenvalue weighted by molar-refractivity contribution is 5.92. The molecule has 1 saturated carbocycles. The summed E-state index contributed by atoms with van der Waals surface area (Å²) in [6, 6.07) is 8.77. The number of carbonyl (C=O) groups excluding carboxylic acids is 2. The summed E-state index contributed by atoms with van der Waals surface area (Å²) in [4.78, 5) is 35.6. The molecule has 1 N–H and O–H groups in total. The number of carbonyl (C=O) groups is 2. The molecule has 1 unspecified atom stereocenters. The van der Waals surface area contributed by atoms with E-state index < -0.39 is 0 Å². The second kappa shape index (κ2) is 6.69. The van der Waals surface area contributed by atoms with Crippen molar-refractivity contribution in [3.63, 3.8) is 0 Å². The highest BCUT2D eigenvalue weighted by Crippen LogP contribution is 2.51. The fraction of sp³-hybridized carbons (Fsp3) is 0.455. The number of benzene rings is 1. The molecule has 0 bridgehead atoms. The maximum Gasteiger partial charge on any atom is 0.274 e. The summed E-state index contributed by atoms with van der Waals surface area (Å²) < 4.78 is 0. The van der Waals surface area contributed by atoms with Gasteiger partial charge in [0.2, 0.25) is 5.91 Å². The van der Waals surface area contributed by atoms with E-state index in [0.717, 1.165) is 32.1 Å². The van der Waals surface area contributed by atoms with Crippen LogP contribution >= 0.6 is 0 Å². The minimum atomic E-state index is -0.0703. The van der Waals surface area contributed by atoms with E-state index in [-0.39, 0.29) is 23.1 Å². The molecule has 1 aromatic carbocycles. The van der Waals surface area contributed by atoms with Crippen molar-refractivity contribution in [1.29, 1.82) is 0 Å². The first kappa shape index (κ1) is 17.3. The van der Waals surface area contributed by atoms with Crippen LogP contribution in [0.25, 0.3) is 0 Å². The van der Waals surface area contributed by atoms with Crippen molar-refractivity contribution >= 4 is 11.8 Å². The second-order valence-electron chi connectivity index (χ2n) is 8.29. The van der Waals surface area contributed by atoms with Crippen molar-refractivity contribution in [2.24, 2.45) is 0 Å². The molecule has 1 saturated heterocycles. The third-order valence-electron chi connectivity index (χ3n) is 6.53. The fourth-order valence-electron chi connectivity index (χ4n) is 4.84. The molecule has 2 heterocycles. The predicted octanol–water partition coefficient (Wildman–Crippen LogP) is 2.42. The standard InChI is InChI=1S/C22H24N4O2/c27-20(25-15-5-6-15)17-13-22(18-4-2-1-3-16(17)18)7-11-26(12-8-22)21(28)19-14-23-9-10-24-19/h1-4,9-10,14-15,17H,5-8,11-13H2,(H,25,27). The summed E-state index contributed by atoms with van der Waals surface area (Å²) in [7, 11) is 0. The average molecular weight is 376 g/mol. The Morgan fingerprint density at radius 1 is 1.11 bits per heavy atom. The average Bonchev–Trinajstić information content (AvgIpc) is 3.51. The van der Waals surface area contributed by atoms with Gasteiger partial charge in [-0.2, -0.15) is 0 Å². The normalized spacial score (nSPS) is 22.7. The number of aromatic nitrogens is 2. The van der Waals surface area contributed by atoms with Crippen molar-refractivity contribution in [3.05, 3.63) is 59.7 Å². The maximum absolute atomic E-state index is 12.9. The Morgan fingerprint density at radius 3 is 2.61 bits per heavy atom. The molecule has 1 aromatic heterocycles. The van der Waals surface area contributed by atoms with E-state index in [2.05, 4.69) is 33.5 Å². The zero-order chi connectivity index (χ0) is 19.1. The van der Waals surface area contributed by atoms with Crippen LogP contribution in [0.4, 0.5) is 0 Å². The van der Waals surface area contributed by atoms with Crippen molar-refractivity contribution in [2.75, 3.05) is 13.1 Å². The van der Waals surface area contributed by atoms with E-state index in [1.165, 1.54) is 17.3 Å². The number of nitrogens with zero attached hydrogens (tertiary/aromatic N) is 3. The van der Waals surface area contributed by atoms with Gasteiger partial charge in [0.25, 0.3) is 5.91 Å². The predicted molar refractivity (Wildman–Crippen MR) is 104 cm³/mol. The van der Waals surface area contributed by atoms with Gasteiger partial charge < -0.3 is 10.2 Å². The smallest absolute Gasteiger partial charge is 0.274 e. The van der Waals surface area contributed by atoms with E-state index in [4.69, 9.17) is 0 Å². The molecule has 2 aromatic rings. The van der Waals surface area contributed by atoms with E-state index in [1.54, 1.807) is 12.4 Å². The van der Waals surface area contributed by atoms with Crippen molar-refractivity contribution in [3.8, 4) is 0 Å². The second-order valence-corrected chi connectivity index (χ2v) is 8.29. The van der Waals surface area contributed by atoms with Crippen LogP contribution in [0.1, 0.15) is 59.6 Å². The lowest BCUT2D eigenvalue weighted by atomic mass is 9.73. The molecule has 2 aliphatic carbocycles. The van der Waals surface area contributed by atoms with E-state index in [9.17, 15) is 9.59 Å². The van der Waals surface area contributed by atoms with Gasteiger partial charge in [0.05, 0.1) is 12.1 Å². The van der Waals surface area contributed by atoms with Crippen molar-refractivity contribution in [2.45, 2.75) is 49.5 Å². The molecule has 5 rings (SSSR count). The van der Waals surface area contributed by atoms with Gasteiger partial charge in [0.15, 0.2) is 0 Å².